The maximum Gasteiger partial charge on any atom is 0.257 e. The molecule has 0 saturated heterocycles. The smallest absolute Gasteiger partial charge is 0.257 e. The van der Waals surface area contributed by atoms with E-state index in [0.29, 0.717) is 23.8 Å². The SMILES string of the molecule is O=C(NCc1nnc2n1CCCCC2)c1ccc2c(c1)SC1=NS(=O)(=O)CCN12. The molecule has 0 bridgehead atoms. The number of sulfonamides is 1. The fourth-order valence-corrected chi connectivity index (χ4v) is 6.11. The Labute approximate surface area is 172 Å². The molecule has 0 spiro atoms. The second-order valence-electron chi connectivity index (χ2n) is 7.27. The van der Waals surface area contributed by atoms with E-state index in [1.54, 1.807) is 12.1 Å². The van der Waals surface area contributed by atoms with E-state index in [1.165, 1.54) is 18.2 Å². The Balaban J connectivity index is 1.31. The van der Waals surface area contributed by atoms with Crippen molar-refractivity contribution in [3.63, 3.8) is 0 Å². The monoisotopic (exact) mass is 432 g/mol. The van der Waals surface area contributed by atoms with Gasteiger partial charge in [0.25, 0.3) is 15.9 Å². The first-order chi connectivity index (χ1) is 14.0. The Bertz CT molecular complexity index is 1120. The average molecular weight is 433 g/mol. The predicted molar refractivity (Wildman–Crippen MR) is 110 cm³/mol. The minimum Gasteiger partial charge on any atom is -0.345 e. The van der Waals surface area contributed by atoms with Crippen molar-refractivity contribution in [2.75, 3.05) is 17.2 Å². The number of amides is 1. The largest absolute Gasteiger partial charge is 0.345 e. The molecule has 2 aromatic rings. The van der Waals surface area contributed by atoms with Gasteiger partial charge in [-0.2, -0.15) is 0 Å². The summed E-state index contributed by atoms with van der Waals surface area (Å²) in [6.45, 7) is 1.60. The van der Waals surface area contributed by atoms with Crippen LogP contribution < -0.4 is 10.2 Å². The van der Waals surface area contributed by atoms with Gasteiger partial charge in [-0.1, -0.05) is 6.42 Å². The van der Waals surface area contributed by atoms with Crippen LogP contribution in [0.1, 0.15) is 41.3 Å². The summed E-state index contributed by atoms with van der Waals surface area (Å²) in [5, 5.41) is 11.9. The molecule has 0 radical (unpaired) electrons. The molecule has 152 valence electrons. The number of hydrogen-bond acceptors (Lipinski definition) is 7. The van der Waals surface area contributed by atoms with E-state index in [2.05, 4.69) is 24.5 Å². The van der Waals surface area contributed by atoms with Crippen molar-refractivity contribution >= 4 is 38.5 Å². The number of carbonyl (C=O) groups is 1. The van der Waals surface area contributed by atoms with Crippen LogP contribution in [0.5, 0.6) is 0 Å². The molecule has 0 atom stereocenters. The minimum atomic E-state index is -3.39. The molecule has 1 aromatic carbocycles. The first-order valence-electron chi connectivity index (χ1n) is 9.61. The van der Waals surface area contributed by atoms with Gasteiger partial charge in [0, 0.05) is 30.0 Å². The van der Waals surface area contributed by atoms with E-state index in [9.17, 15) is 13.2 Å². The second kappa shape index (κ2) is 7.13. The number of nitrogens with one attached hydrogen (secondary N) is 1. The molecule has 3 aliphatic rings. The molecule has 0 fully saturated rings. The molecular weight excluding hydrogens is 412 g/mol. The summed E-state index contributed by atoms with van der Waals surface area (Å²) in [4.78, 5) is 15.4. The number of nitrogens with zero attached hydrogens (tertiary/aromatic N) is 5. The van der Waals surface area contributed by atoms with Crippen molar-refractivity contribution in [3.8, 4) is 0 Å². The Kier molecular flexibility index (Phi) is 4.58. The molecule has 1 aromatic heterocycles. The summed E-state index contributed by atoms with van der Waals surface area (Å²) < 4.78 is 29.4. The van der Waals surface area contributed by atoms with Crippen molar-refractivity contribution in [2.45, 2.75) is 43.7 Å². The van der Waals surface area contributed by atoms with Crippen LogP contribution in [-0.2, 0) is 29.5 Å². The number of aryl methyl sites for hydroxylation is 1. The molecule has 5 rings (SSSR count). The highest BCUT2D eigenvalue weighted by molar-refractivity contribution is 8.15. The zero-order valence-corrected chi connectivity index (χ0v) is 17.3. The summed E-state index contributed by atoms with van der Waals surface area (Å²) in [7, 11) is -3.39. The first-order valence-corrected chi connectivity index (χ1v) is 12.0. The van der Waals surface area contributed by atoms with Crippen LogP contribution in [0, 0.1) is 0 Å². The van der Waals surface area contributed by atoms with Crippen LogP contribution >= 0.6 is 11.8 Å². The van der Waals surface area contributed by atoms with Gasteiger partial charge in [-0.05, 0) is 42.8 Å². The topological polar surface area (TPSA) is 110 Å². The number of carbonyl (C=O) groups excluding carboxylic acids is 1. The summed E-state index contributed by atoms with van der Waals surface area (Å²) in [6.07, 6.45) is 4.34. The molecule has 0 aliphatic carbocycles. The van der Waals surface area contributed by atoms with Gasteiger partial charge in [-0.15, -0.1) is 14.6 Å². The first kappa shape index (κ1) is 18.6. The Morgan fingerprint density at radius 2 is 2.07 bits per heavy atom. The maximum absolute atomic E-state index is 12.7. The van der Waals surface area contributed by atoms with Crippen molar-refractivity contribution in [2.24, 2.45) is 4.40 Å². The summed E-state index contributed by atoms with van der Waals surface area (Å²) in [5.41, 5.74) is 1.41. The fraction of sp³-hybridized carbons (Fsp3) is 0.444. The number of thioether (sulfide) groups is 1. The molecule has 0 saturated carbocycles. The molecule has 1 N–H and O–H groups in total. The number of aromatic nitrogens is 3. The number of fused-ring (bicyclic) bond motifs is 4. The third kappa shape index (κ3) is 3.52. The molecule has 3 aliphatic heterocycles. The van der Waals surface area contributed by atoms with Gasteiger partial charge in [-0.25, -0.2) is 8.42 Å². The lowest BCUT2D eigenvalue weighted by Crippen LogP contribution is -2.35. The summed E-state index contributed by atoms with van der Waals surface area (Å²) in [5.74, 6) is 1.58. The molecule has 4 heterocycles. The number of anilines is 1. The van der Waals surface area contributed by atoms with E-state index < -0.39 is 10.0 Å². The number of benzene rings is 1. The maximum atomic E-state index is 12.7. The van der Waals surface area contributed by atoms with Crippen LogP contribution in [0.4, 0.5) is 5.69 Å². The zero-order chi connectivity index (χ0) is 20.0. The highest BCUT2D eigenvalue weighted by atomic mass is 32.2. The summed E-state index contributed by atoms with van der Waals surface area (Å²) in [6, 6.07) is 5.39. The van der Waals surface area contributed by atoms with Gasteiger partial charge in [0.1, 0.15) is 5.82 Å². The highest BCUT2D eigenvalue weighted by Gasteiger charge is 2.33. The van der Waals surface area contributed by atoms with E-state index in [0.717, 1.165) is 48.0 Å². The van der Waals surface area contributed by atoms with Gasteiger partial charge in [0.15, 0.2) is 11.0 Å². The molecule has 1 amide bonds. The highest BCUT2D eigenvalue weighted by Crippen LogP contribution is 2.42. The quantitative estimate of drug-likeness (QED) is 0.783. The Morgan fingerprint density at radius 3 is 2.97 bits per heavy atom. The van der Waals surface area contributed by atoms with Crippen molar-refractivity contribution in [3.05, 3.63) is 35.4 Å². The van der Waals surface area contributed by atoms with Crippen LogP contribution in [0.2, 0.25) is 0 Å². The molecular formula is C18H20N6O3S2. The summed E-state index contributed by atoms with van der Waals surface area (Å²) >= 11 is 1.28. The molecule has 9 nitrogen and oxygen atoms in total. The lowest BCUT2D eigenvalue weighted by atomic mass is 10.2. The Morgan fingerprint density at radius 1 is 1.17 bits per heavy atom. The lowest BCUT2D eigenvalue weighted by molar-refractivity contribution is 0.0949. The van der Waals surface area contributed by atoms with Gasteiger partial charge in [-0.3, -0.25) is 4.79 Å². The normalized spacial score (nSPS) is 19.6. The van der Waals surface area contributed by atoms with Gasteiger partial charge >= 0.3 is 0 Å². The van der Waals surface area contributed by atoms with Crippen molar-refractivity contribution in [1.82, 2.24) is 20.1 Å². The number of hydrogen-bond donors (Lipinski definition) is 1. The molecule has 11 heteroatoms. The van der Waals surface area contributed by atoms with Crippen LogP contribution in [0.15, 0.2) is 27.5 Å². The van der Waals surface area contributed by atoms with Crippen LogP contribution in [0.3, 0.4) is 0 Å². The fourth-order valence-electron chi connectivity index (χ4n) is 3.81. The van der Waals surface area contributed by atoms with Gasteiger partial charge in [0.05, 0.1) is 18.0 Å². The third-order valence-corrected chi connectivity index (χ3v) is 7.63. The third-order valence-electron chi connectivity index (χ3n) is 5.33. The van der Waals surface area contributed by atoms with Gasteiger partial charge in [0.2, 0.25) is 0 Å². The van der Waals surface area contributed by atoms with E-state index in [4.69, 9.17) is 0 Å². The van der Waals surface area contributed by atoms with Crippen LogP contribution in [-0.4, -0.2) is 46.6 Å². The average Bonchev–Trinajstić information content (AvgIpc) is 3.15. The Hall–Kier alpha value is -2.40. The minimum absolute atomic E-state index is 0.00140. The van der Waals surface area contributed by atoms with Crippen molar-refractivity contribution in [1.29, 1.82) is 0 Å². The predicted octanol–water partition coefficient (Wildman–Crippen LogP) is 1.55. The van der Waals surface area contributed by atoms with Gasteiger partial charge < -0.3 is 14.8 Å². The lowest BCUT2D eigenvalue weighted by Gasteiger charge is -2.22. The number of amidine groups is 1. The van der Waals surface area contributed by atoms with E-state index >= 15 is 0 Å². The zero-order valence-electron chi connectivity index (χ0n) is 15.7. The van der Waals surface area contributed by atoms with Crippen LogP contribution in [0.25, 0.3) is 0 Å². The second-order valence-corrected chi connectivity index (χ2v) is 10.0. The van der Waals surface area contributed by atoms with Crippen molar-refractivity contribution < 1.29 is 13.2 Å². The van der Waals surface area contributed by atoms with E-state index in [-0.39, 0.29) is 11.7 Å². The molecule has 29 heavy (non-hydrogen) atoms. The molecule has 0 unspecified atom stereocenters. The standard InChI is InChI=1S/C18H20N6O3S2/c25-17(19-11-16-21-20-15-4-2-1-3-7-24(15)16)12-5-6-13-14(10-12)28-18-22-29(26,27)9-8-23(13)18/h5-6,10H,1-4,7-9,11H2,(H,19,25). The van der Waals surface area contributed by atoms with E-state index in [1.807, 2.05) is 11.0 Å². The number of rotatable bonds is 3.